The van der Waals surface area contributed by atoms with Gasteiger partial charge in [-0.05, 0) is 41.7 Å². The number of anilines is 1. The second kappa shape index (κ2) is 5.19. The highest BCUT2D eigenvalue weighted by molar-refractivity contribution is 5.62. The first-order valence-electron chi connectivity index (χ1n) is 7.60. The van der Waals surface area contributed by atoms with Gasteiger partial charge >= 0.3 is 0 Å². The fourth-order valence-corrected chi connectivity index (χ4v) is 3.70. The van der Waals surface area contributed by atoms with Crippen LogP contribution in [0, 0.1) is 21.8 Å². The average Bonchev–Trinajstić information content (AvgIpc) is 3.04. The van der Waals surface area contributed by atoms with E-state index in [1.54, 1.807) is 24.3 Å². The largest absolute Gasteiger partial charge is 0.378 e. The van der Waals surface area contributed by atoms with Crippen LogP contribution in [0.2, 0.25) is 0 Å². The predicted molar refractivity (Wildman–Crippen MR) is 85.8 cm³/mol. The summed E-state index contributed by atoms with van der Waals surface area (Å²) < 4.78 is 13.2. The van der Waals surface area contributed by atoms with Crippen molar-refractivity contribution in [2.75, 3.05) is 5.32 Å². The van der Waals surface area contributed by atoms with Gasteiger partial charge < -0.3 is 5.32 Å². The summed E-state index contributed by atoms with van der Waals surface area (Å²) in [5, 5.41) is 14.5. The summed E-state index contributed by atoms with van der Waals surface area (Å²) in [6.45, 7) is 0. The molecule has 0 bridgehead atoms. The molecule has 2 aromatic rings. The Labute approximate surface area is 132 Å². The molecular weight excluding hydrogens is 295 g/mol. The second-order valence-electron chi connectivity index (χ2n) is 6.06. The molecule has 2 aromatic carbocycles. The van der Waals surface area contributed by atoms with Gasteiger partial charge in [0, 0.05) is 23.7 Å². The van der Waals surface area contributed by atoms with Crippen LogP contribution in [-0.2, 0) is 0 Å². The Hall–Kier alpha value is -2.69. The Morgan fingerprint density at radius 2 is 1.96 bits per heavy atom. The third-order valence-corrected chi connectivity index (χ3v) is 4.79. The molecule has 0 saturated carbocycles. The summed E-state index contributed by atoms with van der Waals surface area (Å²) >= 11 is 0. The predicted octanol–water partition coefficient (Wildman–Crippen LogP) is 4.56. The van der Waals surface area contributed by atoms with Crippen molar-refractivity contribution >= 4 is 11.4 Å². The lowest BCUT2D eigenvalue weighted by Gasteiger charge is -2.37. The molecule has 1 N–H and O–H groups in total. The van der Waals surface area contributed by atoms with Gasteiger partial charge in [0.15, 0.2) is 0 Å². The van der Waals surface area contributed by atoms with Gasteiger partial charge in [0.1, 0.15) is 5.82 Å². The van der Waals surface area contributed by atoms with E-state index in [0.29, 0.717) is 0 Å². The smallest absolute Gasteiger partial charge is 0.269 e. The van der Waals surface area contributed by atoms with Gasteiger partial charge in [0.05, 0.1) is 11.0 Å². The number of fused-ring (bicyclic) bond motifs is 3. The number of halogens is 1. The van der Waals surface area contributed by atoms with Crippen LogP contribution in [0.1, 0.15) is 29.5 Å². The van der Waals surface area contributed by atoms with Gasteiger partial charge in [-0.1, -0.05) is 24.3 Å². The molecule has 0 saturated heterocycles. The second-order valence-corrected chi connectivity index (χ2v) is 6.06. The molecule has 0 unspecified atom stereocenters. The van der Waals surface area contributed by atoms with Crippen molar-refractivity contribution in [1.82, 2.24) is 0 Å². The summed E-state index contributed by atoms with van der Waals surface area (Å²) in [5.74, 6) is 0.192. The third kappa shape index (κ3) is 2.29. The number of nitro benzene ring substituents is 1. The number of nitrogens with zero attached hydrogens (tertiary/aromatic N) is 1. The van der Waals surface area contributed by atoms with Crippen molar-refractivity contribution in [3.8, 4) is 0 Å². The first-order chi connectivity index (χ1) is 11.1. The number of non-ortho nitro benzene ring substituents is 1. The van der Waals surface area contributed by atoms with E-state index in [4.69, 9.17) is 0 Å². The van der Waals surface area contributed by atoms with Crippen molar-refractivity contribution in [3.05, 3.63) is 81.7 Å². The molecule has 2 aliphatic rings. The normalized spacial score (nSPS) is 24.7. The maximum absolute atomic E-state index is 13.2. The number of nitrogens with one attached hydrogen (secondary N) is 1. The van der Waals surface area contributed by atoms with Crippen LogP contribution in [-0.4, -0.2) is 4.92 Å². The molecule has 23 heavy (non-hydrogen) atoms. The molecule has 4 rings (SSSR count). The molecule has 3 atom stereocenters. The molecular formula is C18H15FN2O2. The van der Waals surface area contributed by atoms with E-state index in [0.717, 1.165) is 23.2 Å². The number of allylic oxidation sites excluding steroid dienone is 2. The van der Waals surface area contributed by atoms with E-state index in [1.807, 2.05) is 0 Å². The van der Waals surface area contributed by atoms with E-state index in [2.05, 4.69) is 17.5 Å². The lowest BCUT2D eigenvalue weighted by molar-refractivity contribution is -0.384. The van der Waals surface area contributed by atoms with E-state index < -0.39 is 0 Å². The molecule has 0 spiro atoms. The van der Waals surface area contributed by atoms with E-state index >= 15 is 0 Å². The fraction of sp³-hybridized carbons (Fsp3) is 0.222. The maximum Gasteiger partial charge on any atom is 0.269 e. The fourth-order valence-electron chi connectivity index (χ4n) is 3.70. The zero-order valence-electron chi connectivity index (χ0n) is 12.3. The summed E-state index contributed by atoms with van der Waals surface area (Å²) in [5.41, 5.74) is 3.04. The van der Waals surface area contributed by atoms with Crippen LogP contribution in [0.5, 0.6) is 0 Å². The summed E-state index contributed by atoms with van der Waals surface area (Å²) in [6, 6.07) is 11.6. The van der Waals surface area contributed by atoms with Crippen LogP contribution in [0.4, 0.5) is 15.8 Å². The highest BCUT2D eigenvalue weighted by atomic mass is 19.1. The van der Waals surface area contributed by atoms with Crippen molar-refractivity contribution in [2.45, 2.75) is 18.4 Å². The summed E-state index contributed by atoms with van der Waals surface area (Å²) in [6.07, 6.45) is 5.16. The topological polar surface area (TPSA) is 55.2 Å². The van der Waals surface area contributed by atoms with Crippen molar-refractivity contribution in [2.24, 2.45) is 5.92 Å². The van der Waals surface area contributed by atoms with Crippen molar-refractivity contribution in [1.29, 1.82) is 0 Å². The Balaban J connectivity index is 1.77. The van der Waals surface area contributed by atoms with Gasteiger partial charge in [-0.2, -0.15) is 0 Å². The average molecular weight is 310 g/mol. The number of rotatable bonds is 2. The number of benzene rings is 2. The highest BCUT2D eigenvalue weighted by Gasteiger charge is 2.38. The first-order valence-corrected chi connectivity index (χ1v) is 7.60. The van der Waals surface area contributed by atoms with E-state index in [-0.39, 0.29) is 34.3 Å². The Bertz CT molecular complexity index is 801. The minimum atomic E-state index is -0.361. The van der Waals surface area contributed by atoms with Gasteiger partial charge in [0.25, 0.3) is 5.69 Å². The molecule has 0 radical (unpaired) electrons. The molecule has 4 nitrogen and oxygen atoms in total. The standard InChI is InChI=1S/C18H15FN2O2/c19-12-6-4-11(5-7-12)18-15-3-1-2-14(15)16-10-13(21(22)23)8-9-17(16)20-18/h1-2,4-10,14-15,18,20H,3H2/t14-,15+,18-/m1/s1. The van der Waals surface area contributed by atoms with Gasteiger partial charge in [-0.15, -0.1) is 0 Å². The minimum absolute atomic E-state index is 0.0737. The molecule has 0 fully saturated rings. The van der Waals surface area contributed by atoms with Crippen LogP contribution >= 0.6 is 0 Å². The van der Waals surface area contributed by atoms with Gasteiger partial charge in [-0.25, -0.2) is 4.39 Å². The molecule has 0 aromatic heterocycles. The molecule has 1 aliphatic carbocycles. The van der Waals surface area contributed by atoms with Gasteiger partial charge in [-0.3, -0.25) is 10.1 Å². The quantitative estimate of drug-likeness (QED) is 0.502. The number of hydrogen-bond acceptors (Lipinski definition) is 3. The summed E-state index contributed by atoms with van der Waals surface area (Å²) in [4.78, 5) is 10.7. The van der Waals surface area contributed by atoms with E-state index in [9.17, 15) is 14.5 Å². The Morgan fingerprint density at radius 1 is 1.17 bits per heavy atom. The van der Waals surface area contributed by atoms with Gasteiger partial charge in [0.2, 0.25) is 0 Å². The number of hydrogen-bond donors (Lipinski definition) is 1. The molecule has 5 heteroatoms. The molecule has 116 valence electrons. The van der Waals surface area contributed by atoms with E-state index in [1.165, 1.54) is 18.2 Å². The monoisotopic (exact) mass is 310 g/mol. The van der Waals surface area contributed by atoms with Crippen LogP contribution in [0.25, 0.3) is 0 Å². The maximum atomic E-state index is 13.2. The molecule has 1 heterocycles. The lowest BCUT2D eigenvalue weighted by atomic mass is 9.77. The molecule has 0 amide bonds. The molecule has 1 aliphatic heterocycles. The summed E-state index contributed by atoms with van der Waals surface area (Å²) in [7, 11) is 0. The van der Waals surface area contributed by atoms with Crippen LogP contribution < -0.4 is 5.32 Å². The third-order valence-electron chi connectivity index (χ3n) is 4.79. The zero-order chi connectivity index (χ0) is 16.0. The Kier molecular flexibility index (Phi) is 3.15. The SMILES string of the molecule is O=[N+]([O-])c1ccc2c(c1)[C@@H]1C=CC[C@@H]1[C@@H](c1ccc(F)cc1)N2. The lowest BCUT2D eigenvalue weighted by Crippen LogP contribution is -2.29. The van der Waals surface area contributed by atoms with Crippen LogP contribution in [0.3, 0.4) is 0 Å². The highest BCUT2D eigenvalue weighted by Crippen LogP contribution is 2.50. The zero-order valence-corrected chi connectivity index (χ0v) is 12.3. The Morgan fingerprint density at radius 3 is 2.70 bits per heavy atom. The first kappa shape index (κ1) is 13.9. The van der Waals surface area contributed by atoms with Crippen molar-refractivity contribution in [3.63, 3.8) is 0 Å². The van der Waals surface area contributed by atoms with Crippen molar-refractivity contribution < 1.29 is 9.31 Å². The number of nitro groups is 1. The minimum Gasteiger partial charge on any atom is -0.378 e. The van der Waals surface area contributed by atoms with Crippen LogP contribution in [0.15, 0.2) is 54.6 Å².